The Morgan fingerprint density at radius 3 is 2.58 bits per heavy atom. The summed E-state index contributed by atoms with van der Waals surface area (Å²) in [5.41, 5.74) is 1.80. The molecule has 0 spiro atoms. The lowest BCUT2D eigenvalue weighted by molar-refractivity contribution is -0.138. The van der Waals surface area contributed by atoms with Crippen LogP contribution in [-0.4, -0.2) is 28.7 Å². The molecule has 1 aromatic rings. The van der Waals surface area contributed by atoms with Crippen molar-refractivity contribution in [2.75, 3.05) is 6.54 Å². The number of ketones is 1. The third-order valence-electron chi connectivity index (χ3n) is 4.09. The summed E-state index contributed by atoms with van der Waals surface area (Å²) >= 11 is 0. The Morgan fingerprint density at radius 2 is 2.00 bits per heavy atom. The van der Waals surface area contributed by atoms with E-state index in [4.69, 9.17) is 0 Å². The van der Waals surface area contributed by atoms with Gasteiger partial charge in [-0.05, 0) is 38.3 Å². The molecule has 0 N–H and O–H groups in total. The van der Waals surface area contributed by atoms with Crippen LogP contribution >= 0.6 is 0 Å². The Balaban J connectivity index is 1.99. The van der Waals surface area contributed by atoms with E-state index in [1.807, 2.05) is 26.0 Å². The maximum atomic E-state index is 12.3. The summed E-state index contributed by atoms with van der Waals surface area (Å²) in [5.74, 6) is 0.246. The average Bonchev–Trinajstić information content (AvgIpc) is 2.63. The SMILES string of the molecule is Cc1ccccc1CCC(=O)N1CCC(=O)C1(C)C. The van der Waals surface area contributed by atoms with Crippen LogP contribution in [0.3, 0.4) is 0 Å². The number of likely N-dealkylation sites (tertiary alicyclic amines) is 1. The number of carbonyl (C=O) groups excluding carboxylic acids is 2. The van der Waals surface area contributed by atoms with Crippen molar-refractivity contribution >= 4 is 11.7 Å². The second kappa shape index (κ2) is 5.16. The standard InChI is InChI=1S/C16H21NO2/c1-12-6-4-5-7-13(12)8-9-15(19)17-11-10-14(18)16(17,2)3/h4-7H,8-11H2,1-3H3. The molecule has 102 valence electrons. The molecule has 1 saturated heterocycles. The zero-order valence-electron chi connectivity index (χ0n) is 11.9. The molecule has 0 atom stereocenters. The van der Waals surface area contributed by atoms with Crippen molar-refractivity contribution in [2.24, 2.45) is 0 Å². The van der Waals surface area contributed by atoms with E-state index < -0.39 is 5.54 Å². The van der Waals surface area contributed by atoms with Crippen LogP contribution in [0.5, 0.6) is 0 Å². The summed E-state index contributed by atoms with van der Waals surface area (Å²) in [5, 5.41) is 0. The quantitative estimate of drug-likeness (QED) is 0.836. The van der Waals surface area contributed by atoms with Gasteiger partial charge in [-0.3, -0.25) is 9.59 Å². The van der Waals surface area contributed by atoms with E-state index in [1.165, 1.54) is 11.1 Å². The lowest BCUT2D eigenvalue weighted by Crippen LogP contribution is -2.46. The van der Waals surface area contributed by atoms with Gasteiger partial charge in [0.05, 0.1) is 5.54 Å². The van der Waals surface area contributed by atoms with Gasteiger partial charge in [0.2, 0.25) is 5.91 Å². The van der Waals surface area contributed by atoms with Crippen LogP contribution in [0.15, 0.2) is 24.3 Å². The first-order valence-corrected chi connectivity index (χ1v) is 6.81. The Bertz CT molecular complexity index is 505. The second-order valence-corrected chi connectivity index (χ2v) is 5.70. The van der Waals surface area contributed by atoms with Gasteiger partial charge in [0.15, 0.2) is 5.78 Å². The van der Waals surface area contributed by atoms with Crippen molar-refractivity contribution in [2.45, 2.75) is 45.6 Å². The molecule has 0 aromatic heterocycles. The van der Waals surface area contributed by atoms with E-state index in [-0.39, 0.29) is 11.7 Å². The van der Waals surface area contributed by atoms with Gasteiger partial charge in [0.1, 0.15) is 0 Å². The highest BCUT2D eigenvalue weighted by atomic mass is 16.2. The van der Waals surface area contributed by atoms with Gasteiger partial charge in [-0.25, -0.2) is 0 Å². The average molecular weight is 259 g/mol. The lowest BCUT2D eigenvalue weighted by Gasteiger charge is -2.30. The van der Waals surface area contributed by atoms with Crippen LogP contribution in [0, 0.1) is 6.92 Å². The predicted molar refractivity (Wildman–Crippen MR) is 74.9 cm³/mol. The molecule has 1 fully saturated rings. The Morgan fingerprint density at radius 1 is 1.32 bits per heavy atom. The fourth-order valence-electron chi connectivity index (χ4n) is 2.65. The van der Waals surface area contributed by atoms with Gasteiger partial charge >= 0.3 is 0 Å². The van der Waals surface area contributed by atoms with Gasteiger partial charge < -0.3 is 4.90 Å². The monoisotopic (exact) mass is 259 g/mol. The molecule has 1 amide bonds. The van der Waals surface area contributed by atoms with E-state index in [1.54, 1.807) is 4.90 Å². The Kier molecular flexibility index (Phi) is 3.74. The number of nitrogens with zero attached hydrogens (tertiary/aromatic N) is 1. The Labute approximate surface area is 114 Å². The van der Waals surface area contributed by atoms with Gasteiger partial charge in [-0.15, -0.1) is 0 Å². The molecule has 0 unspecified atom stereocenters. The van der Waals surface area contributed by atoms with Crippen LogP contribution in [-0.2, 0) is 16.0 Å². The number of carbonyl (C=O) groups is 2. The largest absolute Gasteiger partial charge is 0.330 e. The summed E-state index contributed by atoms with van der Waals surface area (Å²) in [4.78, 5) is 25.7. The van der Waals surface area contributed by atoms with Gasteiger partial charge in [0, 0.05) is 19.4 Å². The minimum Gasteiger partial charge on any atom is -0.330 e. The van der Waals surface area contributed by atoms with Crippen molar-refractivity contribution in [3.63, 3.8) is 0 Å². The van der Waals surface area contributed by atoms with E-state index in [0.717, 1.165) is 6.42 Å². The maximum absolute atomic E-state index is 12.3. The highest BCUT2D eigenvalue weighted by Gasteiger charge is 2.42. The molecular weight excluding hydrogens is 238 g/mol. The van der Waals surface area contributed by atoms with Crippen LogP contribution in [0.4, 0.5) is 0 Å². The summed E-state index contributed by atoms with van der Waals surface area (Å²) in [7, 11) is 0. The molecule has 0 saturated carbocycles. The normalized spacial score (nSPS) is 17.8. The van der Waals surface area contributed by atoms with Gasteiger partial charge in [-0.2, -0.15) is 0 Å². The maximum Gasteiger partial charge on any atom is 0.223 e. The fraction of sp³-hybridized carbons (Fsp3) is 0.500. The zero-order valence-corrected chi connectivity index (χ0v) is 11.9. The van der Waals surface area contributed by atoms with E-state index in [9.17, 15) is 9.59 Å². The number of hydrogen-bond donors (Lipinski definition) is 0. The van der Waals surface area contributed by atoms with Gasteiger partial charge in [-0.1, -0.05) is 24.3 Å². The highest BCUT2D eigenvalue weighted by Crippen LogP contribution is 2.26. The van der Waals surface area contributed by atoms with Crippen LogP contribution < -0.4 is 0 Å². The van der Waals surface area contributed by atoms with Crippen molar-refractivity contribution in [1.29, 1.82) is 0 Å². The first-order valence-electron chi connectivity index (χ1n) is 6.81. The minimum atomic E-state index is -0.622. The third kappa shape index (κ3) is 2.70. The molecule has 1 heterocycles. The molecule has 0 aliphatic carbocycles. The Hall–Kier alpha value is -1.64. The smallest absolute Gasteiger partial charge is 0.223 e. The minimum absolute atomic E-state index is 0.0825. The fourth-order valence-corrected chi connectivity index (χ4v) is 2.65. The number of benzene rings is 1. The van der Waals surface area contributed by atoms with Crippen molar-refractivity contribution in [3.05, 3.63) is 35.4 Å². The predicted octanol–water partition coefficient (Wildman–Crippen LogP) is 2.51. The first kappa shape index (κ1) is 13.8. The summed E-state index contributed by atoms with van der Waals surface area (Å²) < 4.78 is 0. The van der Waals surface area contributed by atoms with E-state index in [0.29, 0.717) is 19.4 Å². The van der Waals surface area contributed by atoms with Crippen LogP contribution in [0.2, 0.25) is 0 Å². The number of Topliss-reactive ketones (excluding diaryl/α,β-unsaturated/α-hetero) is 1. The number of aryl methyl sites for hydroxylation is 2. The molecule has 19 heavy (non-hydrogen) atoms. The molecule has 3 nitrogen and oxygen atoms in total. The topological polar surface area (TPSA) is 37.4 Å². The van der Waals surface area contributed by atoms with Crippen LogP contribution in [0.25, 0.3) is 0 Å². The number of hydrogen-bond acceptors (Lipinski definition) is 2. The summed E-state index contributed by atoms with van der Waals surface area (Å²) in [6, 6.07) is 8.12. The highest BCUT2D eigenvalue weighted by molar-refractivity contribution is 5.95. The van der Waals surface area contributed by atoms with Crippen molar-refractivity contribution in [3.8, 4) is 0 Å². The van der Waals surface area contributed by atoms with E-state index in [2.05, 4.69) is 19.1 Å². The van der Waals surface area contributed by atoms with Gasteiger partial charge in [0.25, 0.3) is 0 Å². The van der Waals surface area contributed by atoms with E-state index >= 15 is 0 Å². The summed E-state index contributed by atoms with van der Waals surface area (Å²) in [6.45, 7) is 6.31. The van der Waals surface area contributed by atoms with Crippen molar-refractivity contribution in [1.82, 2.24) is 4.90 Å². The number of rotatable bonds is 3. The zero-order chi connectivity index (χ0) is 14.0. The molecule has 1 aliphatic heterocycles. The lowest BCUT2D eigenvalue weighted by atomic mass is 9.99. The first-order chi connectivity index (χ1) is 8.93. The second-order valence-electron chi connectivity index (χ2n) is 5.70. The summed E-state index contributed by atoms with van der Waals surface area (Å²) in [6.07, 6.45) is 1.71. The van der Waals surface area contributed by atoms with Crippen molar-refractivity contribution < 1.29 is 9.59 Å². The third-order valence-corrected chi connectivity index (χ3v) is 4.09. The molecule has 0 bridgehead atoms. The molecular formula is C16H21NO2. The van der Waals surface area contributed by atoms with Crippen LogP contribution in [0.1, 0.15) is 37.8 Å². The molecule has 1 aromatic carbocycles. The molecule has 1 aliphatic rings. The molecule has 3 heteroatoms. The molecule has 0 radical (unpaired) electrons. The number of amides is 1. The molecule has 2 rings (SSSR count).